The zero-order chi connectivity index (χ0) is 23.7. The summed E-state index contributed by atoms with van der Waals surface area (Å²) in [7, 11) is 3.08. The van der Waals surface area contributed by atoms with Crippen LogP contribution in [0.15, 0.2) is 70.6 Å². The van der Waals surface area contributed by atoms with E-state index in [0.29, 0.717) is 50.3 Å². The molecule has 8 nitrogen and oxygen atoms in total. The molecule has 0 unspecified atom stereocenters. The summed E-state index contributed by atoms with van der Waals surface area (Å²) in [6, 6.07) is 17.4. The van der Waals surface area contributed by atoms with Gasteiger partial charge in [-0.25, -0.2) is 4.98 Å². The Morgan fingerprint density at radius 1 is 1.00 bits per heavy atom. The van der Waals surface area contributed by atoms with Crippen molar-refractivity contribution in [3.05, 3.63) is 76.6 Å². The van der Waals surface area contributed by atoms with Gasteiger partial charge in [-0.1, -0.05) is 23.9 Å². The number of para-hydroxylation sites is 1. The van der Waals surface area contributed by atoms with Gasteiger partial charge in [0.15, 0.2) is 33.9 Å². The van der Waals surface area contributed by atoms with E-state index >= 15 is 0 Å². The first-order valence-electron chi connectivity index (χ1n) is 10.4. The third-order valence-corrected chi connectivity index (χ3v) is 6.34. The van der Waals surface area contributed by atoms with Crippen molar-refractivity contribution in [3.8, 4) is 28.7 Å². The molecule has 0 atom stereocenters. The summed E-state index contributed by atoms with van der Waals surface area (Å²) in [4.78, 5) is 31.1. The molecule has 0 bridgehead atoms. The summed E-state index contributed by atoms with van der Waals surface area (Å²) in [5, 5.41) is 0.869. The molecule has 1 aliphatic rings. The lowest BCUT2D eigenvalue weighted by Crippen LogP contribution is -2.22. The van der Waals surface area contributed by atoms with Crippen molar-refractivity contribution in [1.29, 1.82) is 0 Å². The molecule has 1 aliphatic heterocycles. The van der Waals surface area contributed by atoms with Crippen molar-refractivity contribution in [2.24, 2.45) is 0 Å². The number of ether oxygens (including phenoxy) is 4. The summed E-state index contributed by atoms with van der Waals surface area (Å²) in [6.07, 6.45) is 0. The van der Waals surface area contributed by atoms with E-state index in [-0.39, 0.29) is 23.9 Å². The number of nitrogens with zero attached hydrogens (tertiary/aromatic N) is 2. The fourth-order valence-corrected chi connectivity index (χ4v) is 4.59. The van der Waals surface area contributed by atoms with Crippen LogP contribution in [0.5, 0.6) is 23.0 Å². The smallest absolute Gasteiger partial charge is 0.266 e. The first kappa shape index (κ1) is 21.8. The summed E-state index contributed by atoms with van der Waals surface area (Å²) < 4.78 is 22.9. The second kappa shape index (κ2) is 9.11. The van der Waals surface area contributed by atoms with E-state index < -0.39 is 0 Å². The molecular weight excluding hydrogens is 456 g/mol. The molecule has 172 valence electrons. The maximum absolute atomic E-state index is 13.5. The largest absolute Gasteiger partial charge is 0.493 e. The van der Waals surface area contributed by atoms with Gasteiger partial charge < -0.3 is 18.9 Å². The minimum atomic E-state index is -0.240. The van der Waals surface area contributed by atoms with Crippen molar-refractivity contribution >= 4 is 28.4 Å². The zero-order valence-corrected chi connectivity index (χ0v) is 19.3. The van der Waals surface area contributed by atoms with Gasteiger partial charge in [0.2, 0.25) is 6.79 Å². The van der Waals surface area contributed by atoms with Crippen LogP contribution >= 0.6 is 11.8 Å². The highest BCUT2D eigenvalue weighted by atomic mass is 32.2. The normalized spacial score (nSPS) is 12.1. The van der Waals surface area contributed by atoms with Gasteiger partial charge >= 0.3 is 0 Å². The molecule has 0 spiro atoms. The van der Waals surface area contributed by atoms with Crippen LogP contribution in [-0.4, -0.2) is 42.1 Å². The number of rotatable bonds is 7. The third kappa shape index (κ3) is 3.94. The molecule has 1 aromatic heterocycles. The van der Waals surface area contributed by atoms with Crippen molar-refractivity contribution < 1.29 is 23.7 Å². The molecule has 5 rings (SSSR count). The number of fused-ring (bicyclic) bond motifs is 2. The number of hydrogen-bond donors (Lipinski definition) is 0. The van der Waals surface area contributed by atoms with Crippen LogP contribution in [0, 0.1) is 0 Å². The van der Waals surface area contributed by atoms with Gasteiger partial charge in [0.1, 0.15) is 0 Å². The molecular formula is C25H20N2O6S. The SMILES string of the molecule is COc1ccc(-n2c(SCC(=O)c3ccc4c(c3)OCO4)nc3ccccc3c2=O)cc1OC. The van der Waals surface area contributed by atoms with Crippen LogP contribution in [-0.2, 0) is 0 Å². The molecule has 34 heavy (non-hydrogen) atoms. The lowest BCUT2D eigenvalue weighted by atomic mass is 10.1. The van der Waals surface area contributed by atoms with E-state index in [1.54, 1.807) is 61.7 Å². The predicted molar refractivity (Wildman–Crippen MR) is 128 cm³/mol. The van der Waals surface area contributed by atoms with Crippen LogP contribution in [0.3, 0.4) is 0 Å². The number of ketones is 1. The monoisotopic (exact) mass is 476 g/mol. The minimum absolute atomic E-state index is 0.0811. The van der Waals surface area contributed by atoms with E-state index in [1.165, 1.54) is 23.4 Å². The number of carbonyl (C=O) groups excluding carboxylic acids is 1. The number of thioether (sulfide) groups is 1. The first-order chi connectivity index (χ1) is 16.6. The van der Waals surface area contributed by atoms with Gasteiger partial charge in [-0.3, -0.25) is 14.2 Å². The van der Waals surface area contributed by atoms with Crippen molar-refractivity contribution in [3.63, 3.8) is 0 Å². The molecule has 0 radical (unpaired) electrons. The van der Waals surface area contributed by atoms with Gasteiger partial charge in [0, 0.05) is 11.6 Å². The van der Waals surface area contributed by atoms with Crippen LogP contribution in [0.4, 0.5) is 0 Å². The molecule has 0 N–H and O–H groups in total. The Kier molecular flexibility index (Phi) is 5.85. The second-order valence-corrected chi connectivity index (χ2v) is 8.31. The second-order valence-electron chi connectivity index (χ2n) is 7.37. The molecule has 4 aromatic rings. The van der Waals surface area contributed by atoms with Gasteiger partial charge in [0.25, 0.3) is 5.56 Å². The Hall–Kier alpha value is -3.98. The highest BCUT2D eigenvalue weighted by Gasteiger charge is 2.19. The zero-order valence-electron chi connectivity index (χ0n) is 18.4. The van der Waals surface area contributed by atoms with Gasteiger partial charge in [-0.05, 0) is 42.5 Å². The minimum Gasteiger partial charge on any atom is -0.493 e. The summed E-state index contributed by atoms with van der Waals surface area (Å²) in [6.45, 7) is 0.139. The highest BCUT2D eigenvalue weighted by molar-refractivity contribution is 7.99. The van der Waals surface area contributed by atoms with Crippen LogP contribution in [0.2, 0.25) is 0 Å². The first-order valence-corrected chi connectivity index (χ1v) is 11.4. The van der Waals surface area contributed by atoms with Crippen LogP contribution in [0.25, 0.3) is 16.6 Å². The quantitative estimate of drug-likeness (QED) is 0.224. The van der Waals surface area contributed by atoms with Crippen LogP contribution < -0.4 is 24.5 Å². The fraction of sp³-hybridized carbons (Fsp3) is 0.160. The van der Waals surface area contributed by atoms with E-state index in [0.717, 1.165) is 0 Å². The molecule has 2 heterocycles. The summed E-state index contributed by atoms with van der Waals surface area (Å²) in [5.41, 5.74) is 1.37. The molecule has 9 heteroatoms. The van der Waals surface area contributed by atoms with E-state index in [1.807, 2.05) is 6.07 Å². The molecule has 0 amide bonds. The Bertz CT molecular complexity index is 1470. The van der Waals surface area contributed by atoms with E-state index in [2.05, 4.69) is 0 Å². The third-order valence-electron chi connectivity index (χ3n) is 5.40. The molecule has 3 aromatic carbocycles. The molecule has 0 saturated heterocycles. The molecule has 0 saturated carbocycles. The molecule has 0 aliphatic carbocycles. The van der Waals surface area contributed by atoms with Crippen molar-refractivity contribution in [1.82, 2.24) is 9.55 Å². The summed E-state index contributed by atoms with van der Waals surface area (Å²) >= 11 is 1.19. The van der Waals surface area contributed by atoms with E-state index in [4.69, 9.17) is 23.9 Å². The molecule has 0 fully saturated rings. The van der Waals surface area contributed by atoms with Crippen molar-refractivity contribution in [2.75, 3.05) is 26.8 Å². The average molecular weight is 477 g/mol. The summed E-state index contributed by atoms with van der Waals surface area (Å²) in [5.74, 6) is 2.14. The van der Waals surface area contributed by atoms with Gasteiger partial charge in [0.05, 0.1) is 36.6 Å². The van der Waals surface area contributed by atoms with E-state index in [9.17, 15) is 9.59 Å². The lowest BCUT2D eigenvalue weighted by molar-refractivity contribution is 0.102. The predicted octanol–water partition coefficient (Wildman–Crippen LogP) is 4.11. The maximum atomic E-state index is 13.5. The Labute approximate surface area is 199 Å². The maximum Gasteiger partial charge on any atom is 0.266 e. The Morgan fingerprint density at radius 3 is 2.62 bits per heavy atom. The van der Waals surface area contributed by atoms with Gasteiger partial charge in [-0.2, -0.15) is 0 Å². The lowest BCUT2D eigenvalue weighted by Gasteiger charge is -2.15. The van der Waals surface area contributed by atoms with Crippen LogP contribution in [0.1, 0.15) is 10.4 Å². The van der Waals surface area contributed by atoms with Gasteiger partial charge in [-0.15, -0.1) is 0 Å². The number of Topliss-reactive ketones (excluding diaryl/α,β-unsaturated/α-hetero) is 1. The van der Waals surface area contributed by atoms with Crippen molar-refractivity contribution in [2.45, 2.75) is 5.16 Å². The highest BCUT2D eigenvalue weighted by Crippen LogP contribution is 2.34. The topological polar surface area (TPSA) is 88.9 Å². The fourth-order valence-electron chi connectivity index (χ4n) is 3.68. The standard InChI is InChI=1S/C25H20N2O6S/c1-30-20-10-8-16(12-22(20)31-2)27-24(29)17-5-3-4-6-18(17)26-25(27)34-13-19(28)15-7-9-21-23(11-15)33-14-32-21/h3-12H,13-14H2,1-2H3. The Morgan fingerprint density at radius 2 is 1.79 bits per heavy atom. The number of benzene rings is 3. The Balaban J connectivity index is 1.54. The number of aromatic nitrogens is 2. The number of carbonyl (C=O) groups is 1. The number of hydrogen-bond acceptors (Lipinski definition) is 8. The average Bonchev–Trinajstić information content (AvgIpc) is 3.35. The number of methoxy groups -OCH3 is 2.